The number of aromatic amines is 1. The molecule has 0 fully saturated rings. The van der Waals surface area contributed by atoms with Crippen molar-refractivity contribution in [1.29, 1.82) is 0 Å². The molecule has 0 aliphatic rings. The Balaban J connectivity index is 3.22. The van der Waals surface area contributed by atoms with Crippen LogP contribution >= 0.6 is 0 Å². The van der Waals surface area contributed by atoms with Crippen LogP contribution in [-0.4, -0.2) is 47.2 Å². The van der Waals surface area contributed by atoms with Crippen LogP contribution in [0.4, 0.5) is 0 Å². The van der Waals surface area contributed by atoms with E-state index in [1.165, 1.54) is 7.11 Å². The molecule has 9 heteroatoms. The Kier molecular flexibility index (Phi) is 5.63. The minimum Gasteiger partial charge on any atom is -0.467 e. The number of esters is 2. The summed E-state index contributed by atoms with van der Waals surface area (Å²) < 4.78 is 14.3. The summed E-state index contributed by atoms with van der Waals surface area (Å²) in [6, 6.07) is -0.262. The van der Waals surface area contributed by atoms with Gasteiger partial charge in [-0.15, -0.1) is 4.98 Å². The van der Waals surface area contributed by atoms with Crippen molar-refractivity contribution in [2.45, 2.75) is 19.8 Å². The van der Waals surface area contributed by atoms with Gasteiger partial charge in [0.2, 0.25) is 5.92 Å². The molecule has 1 rings (SSSR count). The summed E-state index contributed by atoms with van der Waals surface area (Å²) in [4.78, 5) is 44.4. The smallest absolute Gasteiger partial charge is 0.350 e. The Morgan fingerprint density at radius 2 is 1.70 bits per heavy atom. The Morgan fingerprint density at radius 3 is 2.15 bits per heavy atom. The highest BCUT2D eigenvalue weighted by molar-refractivity contribution is 6.00. The fourth-order valence-electron chi connectivity index (χ4n) is 1.38. The van der Waals surface area contributed by atoms with Gasteiger partial charge in [0.25, 0.3) is 0 Å². The summed E-state index contributed by atoms with van der Waals surface area (Å²) in [6.07, 6.45) is 0. The maximum Gasteiger partial charge on any atom is 0.350 e. The van der Waals surface area contributed by atoms with E-state index >= 15 is 0 Å². The van der Waals surface area contributed by atoms with Gasteiger partial charge in [0.05, 0.1) is 20.3 Å². The molecule has 0 amide bonds. The number of H-pyrrole nitrogens is 1. The van der Waals surface area contributed by atoms with E-state index in [1.807, 2.05) is 0 Å². The normalized spacial score (nSPS) is 10.2. The van der Waals surface area contributed by atoms with Crippen LogP contribution in [0.3, 0.4) is 0 Å². The Bertz CT molecular complexity index is 523. The molecule has 0 atom stereocenters. The van der Waals surface area contributed by atoms with Gasteiger partial charge in [0.15, 0.2) is 0 Å². The molecule has 1 aromatic rings. The molecule has 0 unspecified atom stereocenters. The lowest BCUT2D eigenvalue weighted by atomic mass is 10.1. The Hall–Kier alpha value is -2.45. The average molecular weight is 285 g/mol. The third-order valence-electron chi connectivity index (χ3n) is 2.15. The molecule has 0 aromatic carbocycles. The van der Waals surface area contributed by atoms with Crippen molar-refractivity contribution in [3.63, 3.8) is 0 Å². The van der Waals surface area contributed by atoms with Crippen LogP contribution in [0.1, 0.15) is 25.6 Å². The molecule has 9 nitrogen and oxygen atoms in total. The summed E-state index contributed by atoms with van der Waals surface area (Å²) in [6.45, 7) is 3.31. The van der Waals surface area contributed by atoms with Gasteiger partial charge in [-0.05, 0) is 13.8 Å². The molecule has 0 saturated heterocycles. The standard InChI is InChI=1S/C11H15N3O6/c1-4-19-8(15)6(9(16)20-5-2)7-12-10(17)14-11(13-7)18-3/h6H,4-5H2,1-3H3,(H,12,13,14,17). The molecular weight excluding hydrogens is 270 g/mol. The summed E-state index contributed by atoms with van der Waals surface area (Å²) in [5, 5.41) is 0. The summed E-state index contributed by atoms with van der Waals surface area (Å²) in [5.41, 5.74) is -0.801. The predicted molar refractivity (Wildman–Crippen MR) is 65.2 cm³/mol. The number of nitrogens with zero attached hydrogens (tertiary/aromatic N) is 2. The molecule has 110 valence electrons. The number of carbonyl (C=O) groups excluding carboxylic acids is 2. The van der Waals surface area contributed by atoms with Crippen molar-refractivity contribution in [1.82, 2.24) is 15.0 Å². The van der Waals surface area contributed by atoms with Crippen LogP contribution in [0.5, 0.6) is 6.01 Å². The molecule has 1 aromatic heterocycles. The number of ether oxygens (including phenoxy) is 3. The topological polar surface area (TPSA) is 120 Å². The maximum atomic E-state index is 11.8. The highest BCUT2D eigenvalue weighted by Gasteiger charge is 2.34. The van der Waals surface area contributed by atoms with Gasteiger partial charge in [-0.2, -0.15) is 4.98 Å². The lowest BCUT2D eigenvalue weighted by Gasteiger charge is -2.13. The number of nitrogens with one attached hydrogen (secondary N) is 1. The van der Waals surface area contributed by atoms with Crippen LogP contribution in [0.2, 0.25) is 0 Å². The highest BCUT2D eigenvalue weighted by atomic mass is 16.6. The fraction of sp³-hybridized carbons (Fsp3) is 0.545. The minimum absolute atomic E-state index is 0.0706. The molecule has 0 aliphatic heterocycles. The SMILES string of the molecule is CCOC(=O)C(C(=O)OCC)c1nc(OC)nc(=O)[nH]1. The van der Waals surface area contributed by atoms with Gasteiger partial charge in [-0.3, -0.25) is 14.6 Å². The second-order valence-electron chi connectivity index (χ2n) is 3.46. The molecule has 20 heavy (non-hydrogen) atoms. The van der Waals surface area contributed by atoms with Gasteiger partial charge in [-0.25, -0.2) is 4.79 Å². The number of aromatic nitrogens is 3. The van der Waals surface area contributed by atoms with E-state index in [0.29, 0.717) is 0 Å². The van der Waals surface area contributed by atoms with Crippen LogP contribution in [0.15, 0.2) is 4.79 Å². The second-order valence-corrected chi connectivity index (χ2v) is 3.46. The third-order valence-corrected chi connectivity index (χ3v) is 2.15. The monoisotopic (exact) mass is 285 g/mol. The average Bonchev–Trinajstić information content (AvgIpc) is 2.38. The van der Waals surface area contributed by atoms with Crippen LogP contribution in [0.25, 0.3) is 0 Å². The summed E-state index contributed by atoms with van der Waals surface area (Å²) in [7, 11) is 1.25. The zero-order chi connectivity index (χ0) is 15.1. The fourth-order valence-corrected chi connectivity index (χ4v) is 1.38. The lowest BCUT2D eigenvalue weighted by molar-refractivity contribution is -0.157. The molecule has 1 N–H and O–H groups in total. The first-order valence-corrected chi connectivity index (χ1v) is 5.89. The number of carbonyl (C=O) groups is 2. The molecule has 1 heterocycles. The van der Waals surface area contributed by atoms with E-state index in [2.05, 4.69) is 15.0 Å². The Morgan fingerprint density at radius 1 is 1.15 bits per heavy atom. The van der Waals surface area contributed by atoms with E-state index in [0.717, 1.165) is 0 Å². The number of rotatable bonds is 6. The van der Waals surface area contributed by atoms with Gasteiger partial charge in [0, 0.05) is 0 Å². The largest absolute Gasteiger partial charge is 0.467 e. The first-order valence-electron chi connectivity index (χ1n) is 5.89. The van der Waals surface area contributed by atoms with E-state index < -0.39 is 23.5 Å². The molecule has 0 bridgehead atoms. The predicted octanol–water partition coefficient (Wildman–Crippen LogP) is -0.617. The van der Waals surface area contributed by atoms with Crippen LogP contribution in [0, 0.1) is 0 Å². The Labute approximate surface area is 114 Å². The molecular formula is C11H15N3O6. The van der Waals surface area contributed by atoms with Gasteiger partial charge in [0.1, 0.15) is 5.82 Å². The molecule has 0 spiro atoms. The van der Waals surface area contributed by atoms with Gasteiger partial charge < -0.3 is 14.2 Å². The number of methoxy groups -OCH3 is 1. The first-order chi connectivity index (χ1) is 9.53. The van der Waals surface area contributed by atoms with E-state index in [1.54, 1.807) is 13.8 Å². The van der Waals surface area contributed by atoms with Gasteiger partial charge >= 0.3 is 23.6 Å². The number of hydrogen-bond acceptors (Lipinski definition) is 8. The summed E-state index contributed by atoms with van der Waals surface area (Å²) in [5.74, 6) is -3.47. The van der Waals surface area contributed by atoms with Crippen molar-refractivity contribution in [2.24, 2.45) is 0 Å². The second kappa shape index (κ2) is 7.22. The first kappa shape index (κ1) is 15.6. The zero-order valence-corrected chi connectivity index (χ0v) is 11.3. The van der Waals surface area contributed by atoms with Crippen molar-refractivity contribution < 1.29 is 23.8 Å². The number of hydrogen-bond donors (Lipinski definition) is 1. The maximum absolute atomic E-state index is 11.8. The molecule has 0 aliphatic carbocycles. The van der Waals surface area contributed by atoms with Gasteiger partial charge in [-0.1, -0.05) is 0 Å². The summed E-state index contributed by atoms with van der Waals surface area (Å²) >= 11 is 0. The van der Waals surface area contributed by atoms with E-state index in [-0.39, 0.29) is 25.0 Å². The highest BCUT2D eigenvalue weighted by Crippen LogP contribution is 2.16. The van der Waals surface area contributed by atoms with Crippen molar-refractivity contribution in [3.8, 4) is 6.01 Å². The molecule has 0 radical (unpaired) electrons. The third kappa shape index (κ3) is 3.77. The van der Waals surface area contributed by atoms with E-state index in [4.69, 9.17) is 14.2 Å². The minimum atomic E-state index is -1.49. The molecule has 0 saturated carbocycles. The van der Waals surface area contributed by atoms with Crippen LogP contribution in [-0.2, 0) is 19.1 Å². The zero-order valence-electron chi connectivity index (χ0n) is 11.3. The quantitative estimate of drug-likeness (QED) is 0.542. The lowest BCUT2D eigenvalue weighted by Crippen LogP contribution is -2.30. The van der Waals surface area contributed by atoms with E-state index in [9.17, 15) is 14.4 Å². The van der Waals surface area contributed by atoms with Crippen molar-refractivity contribution in [3.05, 3.63) is 16.3 Å². The van der Waals surface area contributed by atoms with Crippen LogP contribution < -0.4 is 10.4 Å². The van der Waals surface area contributed by atoms with Crippen molar-refractivity contribution >= 4 is 11.9 Å². The van der Waals surface area contributed by atoms with Crippen molar-refractivity contribution in [2.75, 3.05) is 20.3 Å².